The molecule has 0 aliphatic rings. The maximum Gasteiger partial charge on any atom is 0.317 e. The number of rotatable bonds is 5. The van der Waals surface area contributed by atoms with Crippen LogP contribution < -0.4 is 4.74 Å². The van der Waals surface area contributed by atoms with Gasteiger partial charge in [-0.1, -0.05) is 41.5 Å². The van der Waals surface area contributed by atoms with Gasteiger partial charge in [-0.25, -0.2) is 0 Å². The van der Waals surface area contributed by atoms with Crippen LogP contribution in [0.5, 0.6) is 5.75 Å². The first-order valence-corrected chi connectivity index (χ1v) is 10.00. The molecule has 0 heterocycles. The van der Waals surface area contributed by atoms with Crippen LogP contribution >= 0.6 is 0 Å². The Morgan fingerprint density at radius 1 is 0.786 bits per heavy atom. The second-order valence-electron chi connectivity index (χ2n) is 11.6. The molecular weight excluding hydrogens is 352 g/mol. The predicted octanol–water partition coefficient (Wildman–Crippen LogP) is 5.54. The van der Waals surface area contributed by atoms with Gasteiger partial charge in [0.1, 0.15) is 5.75 Å². The van der Waals surface area contributed by atoms with E-state index in [1.807, 2.05) is 6.92 Å². The zero-order valence-electron chi connectivity index (χ0n) is 19.7. The summed E-state index contributed by atoms with van der Waals surface area (Å²) in [4.78, 5) is 13.3. The zero-order chi connectivity index (χ0) is 22.3. The zero-order valence-corrected chi connectivity index (χ0v) is 19.7. The number of esters is 1. The summed E-state index contributed by atoms with van der Waals surface area (Å²) < 4.78 is 5.86. The maximum atomic E-state index is 13.3. The van der Waals surface area contributed by atoms with Crippen molar-refractivity contribution in [1.29, 1.82) is 0 Å². The van der Waals surface area contributed by atoms with E-state index in [2.05, 4.69) is 41.5 Å². The van der Waals surface area contributed by atoms with Gasteiger partial charge in [-0.2, -0.15) is 0 Å². The molecule has 28 heavy (non-hydrogen) atoms. The van der Waals surface area contributed by atoms with E-state index in [9.17, 15) is 15.0 Å². The van der Waals surface area contributed by atoms with Gasteiger partial charge in [0.25, 0.3) is 0 Å². The Kier molecular flexibility index (Phi) is 6.56. The first-order valence-electron chi connectivity index (χ1n) is 10.00. The highest BCUT2D eigenvalue weighted by Gasteiger charge is 2.48. The van der Waals surface area contributed by atoms with E-state index in [1.165, 1.54) is 0 Å². The van der Waals surface area contributed by atoms with Gasteiger partial charge >= 0.3 is 5.97 Å². The van der Waals surface area contributed by atoms with Crippen LogP contribution in [0, 0.1) is 16.2 Å². The molecular formula is C24H40O4. The molecule has 160 valence electrons. The minimum atomic E-state index is -1.12. The van der Waals surface area contributed by atoms with Crippen LogP contribution in [0.3, 0.4) is 0 Å². The third-order valence-electron chi connectivity index (χ3n) is 5.52. The molecule has 0 radical (unpaired) electrons. The highest BCUT2D eigenvalue weighted by atomic mass is 16.5. The van der Waals surface area contributed by atoms with Gasteiger partial charge in [0.05, 0.1) is 16.6 Å². The van der Waals surface area contributed by atoms with Crippen molar-refractivity contribution in [2.45, 2.75) is 93.8 Å². The summed E-state index contributed by atoms with van der Waals surface area (Å²) in [5.74, 6) is 0.0376. The fourth-order valence-corrected chi connectivity index (χ4v) is 3.29. The SMILES string of the molecule is CC(C)(C)CC(C)(C(=O)Oc1cc(C(C)(C)O)cc(C(C)(C)O)c1)C(C)(C)C. The second-order valence-corrected chi connectivity index (χ2v) is 11.6. The van der Waals surface area contributed by atoms with E-state index in [1.54, 1.807) is 45.9 Å². The third-order valence-corrected chi connectivity index (χ3v) is 5.52. The Hall–Kier alpha value is -1.39. The number of hydrogen-bond donors (Lipinski definition) is 2. The monoisotopic (exact) mass is 392 g/mol. The van der Waals surface area contributed by atoms with Crippen molar-refractivity contribution < 1.29 is 19.7 Å². The van der Waals surface area contributed by atoms with Crippen molar-refractivity contribution in [3.8, 4) is 5.75 Å². The molecule has 1 unspecified atom stereocenters. The second kappa shape index (κ2) is 7.46. The molecule has 0 bridgehead atoms. The van der Waals surface area contributed by atoms with E-state index in [0.717, 1.165) is 0 Å². The lowest BCUT2D eigenvalue weighted by molar-refractivity contribution is -0.154. The van der Waals surface area contributed by atoms with Crippen LogP contribution in [-0.4, -0.2) is 16.2 Å². The summed E-state index contributed by atoms with van der Waals surface area (Å²) >= 11 is 0. The van der Waals surface area contributed by atoms with E-state index < -0.39 is 16.6 Å². The summed E-state index contributed by atoms with van der Waals surface area (Å²) in [6.07, 6.45) is 0.672. The van der Waals surface area contributed by atoms with Gasteiger partial charge in [0, 0.05) is 0 Å². The molecule has 0 spiro atoms. The van der Waals surface area contributed by atoms with Gasteiger partial charge in [-0.05, 0) is 81.2 Å². The highest BCUT2D eigenvalue weighted by Crippen LogP contribution is 2.47. The molecule has 4 heteroatoms. The van der Waals surface area contributed by atoms with Crippen LogP contribution in [0.25, 0.3) is 0 Å². The lowest BCUT2D eigenvalue weighted by Gasteiger charge is -2.43. The summed E-state index contributed by atoms with van der Waals surface area (Å²) in [5, 5.41) is 20.9. The molecule has 2 N–H and O–H groups in total. The number of aliphatic hydroxyl groups is 2. The number of hydrogen-bond acceptors (Lipinski definition) is 4. The fraction of sp³-hybridized carbons (Fsp3) is 0.708. The summed E-state index contributed by atoms with van der Waals surface area (Å²) in [5.41, 5.74) is -2.13. The highest BCUT2D eigenvalue weighted by molar-refractivity contribution is 5.80. The Balaban J connectivity index is 3.43. The number of carbonyl (C=O) groups is 1. The van der Waals surface area contributed by atoms with Gasteiger partial charge in [0.2, 0.25) is 0 Å². The van der Waals surface area contributed by atoms with Crippen molar-refractivity contribution in [1.82, 2.24) is 0 Å². The Morgan fingerprint density at radius 3 is 1.46 bits per heavy atom. The molecule has 0 aliphatic carbocycles. The molecule has 0 saturated heterocycles. The molecule has 4 nitrogen and oxygen atoms in total. The van der Waals surface area contributed by atoms with Crippen molar-refractivity contribution in [2.75, 3.05) is 0 Å². The van der Waals surface area contributed by atoms with Crippen molar-refractivity contribution in [2.24, 2.45) is 16.2 Å². The molecule has 1 atom stereocenters. The van der Waals surface area contributed by atoms with Gasteiger partial charge in [0.15, 0.2) is 0 Å². The van der Waals surface area contributed by atoms with Gasteiger partial charge in [-0.3, -0.25) is 4.79 Å². The number of benzene rings is 1. The van der Waals surface area contributed by atoms with Crippen LogP contribution in [0.1, 0.15) is 93.7 Å². The first-order chi connectivity index (χ1) is 12.2. The van der Waals surface area contributed by atoms with Crippen LogP contribution in [-0.2, 0) is 16.0 Å². The molecule has 1 rings (SSSR count). The summed E-state index contributed by atoms with van der Waals surface area (Å²) in [7, 11) is 0. The molecule has 0 aliphatic heterocycles. The quantitative estimate of drug-likeness (QED) is 0.510. The van der Waals surface area contributed by atoms with Crippen molar-refractivity contribution >= 4 is 5.97 Å². The Labute approximate surface area is 171 Å². The molecule has 0 amide bonds. The summed E-state index contributed by atoms with van der Waals surface area (Å²) in [6, 6.07) is 5.09. The lowest BCUT2D eigenvalue weighted by Crippen LogP contribution is -2.45. The van der Waals surface area contributed by atoms with E-state index in [0.29, 0.717) is 23.3 Å². The molecule has 1 aromatic carbocycles. The smallest absolute Gasteiger partial charge is 0.317 e. The number of carbonyl (C=O) groups excluding carboxylic acids is 1. The van der Waals surface area contributed by atoms with Crippen LogP contribution in [0.4, 0.5) is 0 Å². The minimum Gasteiger partial charge on any atom is -0.426 e. The first kappa shape index (κ1) is 24.6. The molecule has 1 aromatic rings. The van der Waals surface area contributed by atoms with Crippen LogP contribution in [0.15, 0.2) is 18.2 Å². The largest absolute Gasteiger partial charge is 0.426 e. The topological polar surface area (TPSA) is 66.8 Å². The average molecular weight is 393 g/mol. The minimum absolute atomic E-state index is 0.0474. The van der Waals surface area contributed by atoms with Gasteiger partial charge in [-0.15, -0.1) is 0 Å². The standard InChI is InChI=1S/C24H40O4/c1-20(2,3)15-24(11,21(4,5)6)19(25)28-18-13-16(22(7,8)26)12-17(14-18)23(9,10)27/h12-14,26-27H,15H2,1-11H3. The van der Waals surface area contributed by atoms with Gasteiger partial charge < -0.3 is 14.9 Å². The normalized spacial score (nSPS) is 15.9. The molecule has 0 fully saturated rings. The lowest BCUT2D eigenvalue weighted by atomic mass is 9.61. The van der Waals surface area contributed by atoms with E-state index in [-0.39, 0.29) is 16.8 Å². The molecule has 0 saturated carbocycles. The van der Waals surface area contributed by atoms with Crippen molar-refractivity contribution in [3.63, 3.8) is 0 Å². The van der Waals surface area contributed by atoms with E-state index in [4.69, 9.17) is 4.74 Å². The fourth-order valence-electron chi connectivity index (χ4n) is 3.29. The number of ether oxygens (including phenoxy) is 1. The maximum absolute atomic E-state index is 13.3. The predicted molar refractivity (Wildman–Crippen MR) is 114 cm³/mol. The molecule has 0 aromatic heterocycles. The third kappa shape index (κ3) is 6.05. The summed E-state index contributed by atoms with van der Waals surface area (Å²) in [6.45, 7) is 21.1. The Morgan fingerprint density at radius 2 is 1.18 bits per heavy atom. The Bertz CT molecular complexity index is 674. The average Bonchev–Trinajstić information content (AvgIpc) is 2.41. The van der Waals surface area contributed by atoms with Crippen molar-refractivity contribution in [3.05, 3.63) is 29.3 Å². The van der Waals surface area contributed by atoms with E-state index >= 15 is 0 Å². The van der Waals surface area contributed by atoms with Crippen LogP contribution in [0.2, 0.25) is 0 Å².